The highest BCUT2D eigenvalue weighted by Crippen LogP contribution is 2.21. The molecule has 0 amide bonds. The topological polar surface area (TPSA) is 62.2 Å². The number of carboxylic acids is 1. The Bertz CT molecular complexity index is 599. The Balaban J connectivity index is 2.27. The van der Waals surface area contributed by atoms with Crippen molar-refractivity contribution in [2.75, 3.05) is 5.32 Å². The summed E-state index contributed by atoms with van der Waals surface area (Å²) in [5.41, 5.74) is 1.65. The minimum absolute atomic E-state index is 0.0797. The molecule has 0 aliphatic rings. The summed E-state index contributed by atoms with van der Waals surface area (Å²) < 4.78 is 13.7. The average Bonchev–Trinajstić information content (AvgIpc) is 2.31. The Morgan fingerprint density at radius 3 is 2.72 bits per heavy atom. The van der Waals surface area contributed by atoms with Gasteiger partial charge in [0.2, 0.25) is 0 Å². The molecule has 0 saturated carbocycles. The fourth-order valence-corrected chi connectivity index (χ4v) is 1.53. The second-order valence-electron chi connectivity index (χ2n) is 3.81. The number of hydrogen-bond acceptors (Lipinski definition) is 3. The second-order valence-corrected chi connectivity index (χ2v) is 3.81. The predicted molar refractivity (Wildman–Crippen MR) is 65.6 cm³/mol. The number of carboxylic acid groups (broad SMARTS) is 1. The van der Waals surface area contributed by atoms with Crippen LogP contribution >= 0.6 is 0 Å². The van der Waals surface area contributed by atoms with Gasteiger partial charge in [0.1, 0.15) is 5.82 Å². The van der Waals surface area contributed by atoms with Crippen molar-refractivity contribution in [3.8, 4) is 0 Å². The number of aromatic carboxylic acids is 1. The molecule has 2 N–H and O–H groups in total. The molecule has 0 bridgehead atoms. The third-order valence-corrected chi connectivity index (χ3v) is 2.39. The molecule has 5 heteroatoms. The summed E-state index contributed by atoms with van der Waals surface area (Å²) in [5.74, 6) is -1.76. The number of carbonyl (C=O) groups is 1. The summed E-state index contributed by atoms with van der Waals surface area (Å²) in [6.07, 6.45) is 1.61. The van der Waals surface area contributed by atoms with Gasteiger partial charge in [0, 0.05) is 17.6 Å². The largest absolute Gasteiger partial charge is 0.478 e. The van der Waals surface area contributed by atoms with E-state index in [0.717, 1.165) is 11.8 Å². The number of anilines is 2. The van der Waals surface area contributed by atoms with E-state index in [2.05, 4.69) is 10.3 Å². The first-order valence-corrected chi connectivity index (χ1v) is 5.29. The Kier molecular flexibility index (Phi) is 3.23. The maximum atomic E-state index is 13.7. The minimum Gasteiger partial charge on any atom is -0.478 e. The van der Waals surface area contributed by atoms with Crippen LogP contribution in [-0.2, 0) is 0 Å². The number of nitrogens with zero attached hydrogens (tertiary/aromatic N) is 1. The molecule has 0 atom stereocenters. The SMILES string of the molecule is Cc1cc(Nc2ccc(C(=O)O)cc2F)ccn1. The maximum absolute atomic E-state index is 13.7. The summed E-state index contributed by atoms with van der Waals surface area (Å²) in [5, 5.41) is 11.6. The van der Waals surface area contributed by atoms with Crippen LogP contribution in [-0.4, -0.2) is 16.1 Å². The summed E-state index contributed by atoms with van der Waals surface area (Å²) >= 11 is 0. The lowest BCUT2D eigenvalue weighted by Gasteiger charge is -2.08. The molecule has 2 rings (SSSR count). The molecular formula is C13H11FN2O2. The molecule has 0 spiro atoms. The summed E-state index contributed by atoms with van der Waals surface area (Å²) in [6.45, 7) is 1.83. The molecule has 4 nitrogen and oxygen atoms in total. The van der Waals surface area contributed by atoms with Crippen molar-refractivity contribution in [1.82, 2.24) is 4.98 Å². The lowest BCUT2D eigenvalue weighted by atomic mass is 10.2. The van der Waals surface area contributed by atoms with Crippen molar-refractivity contribution in [3.05, 3.63) is 53.6 Å². The fourth-order valence-electron chi connectivity index (χ4n) is 1.53. The van der Waals surface area contributed by atoms with Crippen LogP contribution in [0.4, 0.5) is 15.8 Å². The van der Waals surface area contributed by atoms with Crippen molar-refractivity contribution >= 4 is 17.3 Å². The Morgan fingerprint density at radius 1 is 1.33 bits per heavy atom. The van der Waals surface area contributed by atoms with Gasteiger partial charge in [-0.25, -0.2) is 9.18 Å². The number of benzene rings is 1. The first-order chi connectivity index (χ1) is 8.56. The highest BCUT2D eigenvalue weighted by Gasteiger charge is 2.08. The highest BCUT2D eigenvalue weighted by molar-refractivity contribution is 5.88. The van der Waals surface area contributed by atoms with Crippen molar-refractivity contribution in [1.29, 1.82) is 0 Å². The molecule has 2 aromatic rings. The van der Waals surface area contributed by atoms with E-state index in [1.807, 2.05) is 6.92 Å². The van der Waals surface area contributed by atoms with Gasteiger partial charge in [0.15, 0.2) is 0 Å². The Labute approximate surface area is 103 Å². The predicted octanol–water partition coefficient (Wildman–Crippen LogP) is 2.97. The third kappa shape index (κ3) is 2.63. The van der Waals surface area contributed by atoms with Gasteiger partial charge in [0.25, 0.3) is 0 Å². The number of aryl methyl sites for hydroxylation is 1. The van der Waals surface area contributed by atoms with Crippen LogP contribution in [0, 0.1) is 12.7 Å². The van der Waals surface area contributed by atoms with E-state index >= 15 is 0 Å². The zero-order valence-corrected chi connectivity index (χ0v) is 9.64. The Hall–Kier alpha value is -2.43. The molecule has 0 aliphatic carbocycles. The molecule has 0 aliphatic heterocycles. The van der Waals surface area contributed by atoms with E-state index in [1.54, 1.807) is 18.3 Å². The summed E-state index contributed by atoms with van der Waals surface area (Å²) in [7, 11) is 0. The van der Waals surface area contributed by atoms with Crippen molar-refractivity contribution < 1.29 is 14.3 Å². The van der Waals surface area contributed by atoms with Crippen LogP contribution in [0.3, 0.4) is 0 Å². The van der Waals surface area contributed by atoms with Gasteiger partial charge in [-0.3, -0.25) is 4.98 Å². The van der Waals surface area contributed by atoms with Gasteiger partial charge in [-0.2, -0.15) is 0 Å². The zero-order chi connectivity index (χ0) is 13.1. The molecule has 18 heavy (non-hydrogen) atoms. The van der Waals surface area contributed by atoms with Gasteiger partial charge >= 0.3 is 5.97 Å². The van der Waals surface area contributed by atoms with E-state index in [-0.39, 0.29) is 11.3 Å². The van der Waals surface area contributed by atoms with Crippen molar-refractivity contribution in [3.63, 3.8) is 0 Å². The maximum Gasteiger partial charge on any atom is 0.335 e. The van der Waals surface area contributed by atoms with Crippen LogP contribution in [0.2, 0.25) is 0 Å². The number of hydrogen-bond donors (Lipinski definition) is 2. The summed E-state index contributed by atoms with van der Waals surface area (Å²) in [6, 6.07) is 7.21. The molecular weight excluding hydrogens is 235 g/mol. The number of rotatable bonds is 3. The third-order valence-electron chi connectivity index (χ3n) is 2.39. The number of aromatic nitrogens is 1. The molecule has 0 unspecified atom stereocenters. The zero-order valence-electron chi connectivity index (χ0n) is 9.64. The van der Waals surface area contributed by atoms with E-state index in [1.165, 1.54) is 12.1 Å². The molecule has 1 heterocycles. The fraction of sp³-hybridized carbons (Fsp3) is 0.0769. The van der Waals surface area contributed by atoms with E-state index in [0.29, 0.717) is 5.69 Å². The molecule has 0 saturated heterocycles. The van der Waals surface area contributed by atoms with Gasteiger partial charge < -0.3 is 10.4 Å². The minimum atomic E-state index is -1.15. The molecule has 0 radical (unpaired) electrons. The van der Waals surface area contributed by atoms with E-state index in [9.17, 15) is 9.18 Å². The molecule has 1 aromatic carbocycles. The second kappa shape index (κ2) is 4.83. The lowest BCUT2D eigenvalue weighted by Crippen LogP contribution is -2.00. The van der Waals surface area contributed by atoms with Crippen LogP contribution in [0.15, 0.2) is 36.5 Å². The number of pyridine rings is 1. The molecule has 92 valence electrons. The summed E-state index contributed by atoms with van der Waals surface area (Å²) in [4.78, 5) is 14.7. The van der Waals surface area contributed by atoms with Gasteiger partial charge in [-0.05, 0) is 37.3 Å². The van der Waals surface area contributed by atoms with Crippen LogP contribution in [0.25, 0.3) is 0 Å². The van der Waals surface area contributed by atoms with Crippen molar-refractivity contribution in [2.45, 2.75) is 6.92 Å². The van der Waals surface area contributed by atoms with Crippen molar-refractivity contribution in [2.24, 2.45) is 0 Å². The normalized spacial score (nSPS) is 10.1. The lowest BCUT2D eigenvalue weighted by molar-refractivity contribution is 0.0696. The highest BCUT2D eigenvalue weighted by atomic mass is 19.1. The average molecular weight is 246 g/mol. The smallest absolute Gasteiger partial charge is 0.335 e. The Morgan fingerprint density at radius 2 is 2.11 bits per heavy atom. The van der Waals surface area contributed by atoms with Gasteiger partial charge in [-0.1, -0.05) is 0 Å². The molecule has 0 fully saturated rings. The van der Waals surface area contributed by atoms with E-state index < -0.39 is 11.8 Å². The van der Waals surface area contributed by atoms with Gasteiger partial charge in [0.05, 0.1) is 11.3 Å². The monoisotopic (exact) mass is 246 g/mol. The number of halogens is 1. The first kappa shape index (κ1) is 12.0. The van der Waals surface area contributed by atoms with Gasteiger partial charge in [-0.15, -0.1) is 0 Å². The first-order valence-electron chi connectivity index (χ1n) is 5.29. The van der Waals surface area contributed by atoms with Crippen LogP contribution < -0.4 is 5.32 Å². The van der Waals surface area contributed by atoms with Crippen LogP contribution in [0.1, 0.15) is 16.1 Å². The number of nitrogens with one attached hydrogen (secondary N) is 1. The quantitative estimate of drug-likeness (QED) is 0.874. The van der Waals surface area contributed by atoms with E-state index in [4.69, 9.17) is 5.11 Å². The van der Waals surface area contributed by atoms with Crippen LogP contribution in [0.5, 0.6) is 0 Å². The molecule has 1 aromatic heterocycles. The standard InChI is InChI=1S/C13H11FN2O2/c1-8-6-10(4-5-15-8)16-12-3-2-9(13(17)18)7-11(12)14/h2-7H,1H3,(H,15,16)(H,17,18).